The molecule has 0 heterocycles. The van der Waals surface area contributed by atoms with Crippen LogP contribution in [0.15, 0.2) is 26.0 Å². The highest BCUT2D eigenvalue weighted by Crippen LogP contribution is 2.31. The number of aliphatic hydroxyl groups excluding tert-OH is 1. The van der Waals surface area contributed by atoms with Gasteiger partial charge in [-0.3, -0.25) is 0 Å². The highest BCUT2D eigenvalue weighted by Gasteiger charge is 2.31. The molecule has 1 fully saturated rings. The molecule has 0 aromatic heterocycles. The zero-order valence-corrected chi connectivity index (χ0v) is 15.1. The van der Waals surface area contributed by atoms with E-state index < -0.39 is 10.0 Å². The average molecular weight is 427 g/mol. The molecule has 4 nitrogen and oxygen atoms in total. The van der Waals surface area contributed by atoms with Crippen LogP contribution in [0.25, 0.3) is 0 Å². The molecule has 20 heavy (non-hydrogen) atoms. The Labute approximate surface area is 136 Å². The number of hydrogen-bond donors (Lipinski definition) is 2. The number of aryl methyl sites for hydroxylation is 1. The quantitative estimate of drug-likeness (QED) is 0.777. The third-order valence-corrected chi connectivity index (χ3v) is 7.01. The Kier molecular flexibility index (Phi) is 5.29. The van der Waals surface area contributed by atoms with Gasteiger partial charge in [0, 0.05) is 21.6 Å². The standard InChI is InChI=1S/C13H17Br2NO3S/c1-8-5-11(15)13(6-10(8)14)20(18,19)16-12-4-2-3-9(12)7-17/h5-6,9,12,16-17H,2-4,7H2,1H3. The van der Waals surface area contributed by atoms with Crippen LogP contribution < -0.4 is 4.72 Å². The van der Waals surface area contributed by atoms with Crippen molar-refractivity contribution < 1.29 is 13.5 Å². The summed E-state index contributed by atoms with van der Waals surface area (Å²) >= 11 is 6.67. The van der Waals surface area contributed by atoms with Crippen LogP contribution in [0, 0.1) is 12.8 Å². The Bertz CT molecular complexity index is 604. The van der Waals surface area contributed by atoms with Gasteiger partial charge in [-0.25, -0.2) is 13.1 Å². The second-order valence-corrected chi connectivity index (χ2v) is 8.52. The summed E-state index contributed by atoms with van der Waals surface area (Å²) in [5.41, 5.74) is 0.963. The van der Waals surface area contributed by atoms with E-state index >= 15 is 0 Å². The SMILES string of the molecule is Cc1cc(Br)c(S(=O)(=O)NC2CCCC2CO)cc1Br. The maximum Gasteiger partial charge on any atom is 0.241 e. The third kappa shape index (κ3) is 3.44. The van der Waals surface area contributed by atoms with Crippen molar-refractivity contribution in [1.82, 2.24) is 4.72 Å². The zero-order chi connectivity index (χ0) is 14.9. The van der Waals surface area contributed by atoms with Crippen molar-refractivity contribution in [2.24, 2.45) is 5.92 Å². The summed E-state index contributed by atoms with van der Waals surface area (Å²) in [7, 11) is -3.59. The number of aliphatic hydroxyl groups is 1. The number of halogens is 2. The lowest BCUT2D eigenvalue weighted by Crippen LogP contribution is -2.38. The first-order valence-electron chi connectivity index (χ1n) is 6.44. The fourth-order valence-electron chi connectivity index (χ4n) is 2.51. The predicted octanol–water partition coefficient (Wildman–Crippen LogP) is 2.96. The van der Waals surface area contributed by atoms with Crippen LogP contribution in [-0.2, 0) is 10.0 Å². The summed E-state index contributed by atoms with van der Waals surface area (Å²) in [5.74, 6) is 0.0115. The maximum atomic E-state index is 12.5. The first-order chi connectivity index (χ1) is 9.35. The van der Waals surface area contributed by atoms with E-state index in [0.29, 0.717) is 4.47 Å². The lowest BCUT2D eigenvalue weighted by molar-refractivity contribution is 0.213. The molecule has 1 aromatic rings. The van der Waals surface area contributed by atoms with Crippen molar-refractivity contribution >= 4 is 41.9 Å². The Morgan fingerprint density at radius 2 is 2.00 bits per heavy atom. The maximum absolute atomic E-state index is 12.5. The molecule has 0 bridgehead atoms. The molecule has 1 aliphatic rings. The molecule has 0 aliphatic heterocycles. The van der Waals surface area contributed by atoms with Crippen molar-refractivity contribution in [2.75, 3.05) is 6.61 Å². The van der Waals surface area contributed by atoms with Gasteiger partial charge in [-0.05, 0) is 59.3 Å². The highest BCUT2D eigenvalue weighted by atomic mass is 79.9. The summed E-state index contributed by atoms with van der Waals surface area (Å²) in [4.78, 5) is 0.221. The van der Waals surface area contributed by atoms with Crippen LogP contribution in [0.4, 0.5) is 0 Å². The second kappa shape index (κ2) is 6.44. The number of nitrogens with one attached hydrogen (secondary N) is 1. The molecule has 112 valence electrons. The molecule has 0 saturated heterocycles. The van der Waals surface area contributed by atoms with Gasteiger partial charge in [0.1, 0.15) is 0 Å². The van der Waals surface area contributed by atoms with E-state index in [4.69, 9.17) is 0 Å². The van der Waals surface area contributed by atoms with Gasteiger partial charge in [0.25, 0.3) is 0 Å². The third-order valence-electron chi connectivity index (χ3n) is 3.70. The van der Waals surface area contributed by atoms with Gasteiger partial charge < -0.3 is 5.11 Å². The van der Waals surface area contributed by atoms with E-state index in [1.807, 2.05) is 6.92 Å². The van der Waals surface area contributed by atoms with Gasteiger partial charge in [0.2, 0.25) is 10.0 Å². The van der Waals surface area contributed by atoms with Crippen molar-refractivity contribution in [3.8, 4) is 0 Å². The minimum atomic E-state index is -3.59. The number of sulfonamides is 1. The van der Waals surface area contributed by atoms with Crippen molar-refractivity contribution in [1.29, 1.82) is 0 Å². The molecule has 1 saturated carbocycles. The van der Waals surface area contributed by atoms with Crippen LogP contribution in [0.1, 0.15) is 24.8 Å². The highest BCUT2D eigenvalue weighted by molar-refractivity contribution is 9.11. The monoisotopic (exact) mass is 425 g/mol. The largest absolute Gasteiger partial charge is 0.396 e. The second-order valence-electron chi connectivity index (χ2n) is 5.13. The van der Waals surface area contributed by atoms with Crippen LogP contribution in [-0.4, -0.2) is 26.2 Å². The molecular weight excluding hydrogens is 410 g/mol. The van der Waals surface area contributed by atoms with Crippen molar-refractivity contribution in [3.05, 3.63) is 26.6 Å². The van der Waals surface area contributed by atoms with Crippen LogP contribution in [0.3, 0.4) is 0 Å². The van der Waals surface area contributed by atoms with Crippen molar-refractivity contribution in [2.45, 2.75) is 37.1 Å². The van der Waals surface area contributed by atoms with E-state index in [1.165, 1.54) is 0 Å². The van der Waals surface area contributed by atoms with Crippen LogP contribution in [0.2, 0.25) is 0 Å². The fourth-order valence-corrected chi connectivity index (χ4v) is 5.52. The van der Waals surface area contributed by atoms with Crippen molar-refractivity contribution in [3.63, 3.8) is 0 Å². The summed E-state index contributed by atoms with van der Waals surface area (Å²) in [6.45, 7) is 1.92. The topological polar surface area (TPSA) is 66.4 Å². The summed E-state index contributed by atoms with van der Waals surface area (Å²) in [6.07, 6.45) is 2.58. The summed E-state index contributed by atoms with van der Waals surface area (Å²) < 4.78 is 29.0. The minimum absolute atomic E-state index is 0.0115. The Balaban J connectivity index is 2.29. The number of benzene rings is 1. The first kappa shape index (κ1) is 16.4. The van der Waals surface area contributed by atoms with Gasteiger partial charge in [0.15, 0.2) is 0 Å². The lowest BCUT2D eigenvalue weighted by Gasteiger charge is -2.19. The minimum Gasteiger partial charge on any atom is -0.396 e. The molecule has 0 amide bonds. The molecule has 0 radical (unpaired) electrons. The van der Waals surface area contributed by atoms with E-state index in [1.54, 1.807) is 12.1 Å². The Morgan fingerprint density at radius 3 is 2.65 bits per heavy atom. The summed E-state index contributed by atoms with van der Waals surface area (Å²) in [6, 6.07) is 3.19. The van der Waals surface area contributed by atoms with E-state index in [9.17, 15) is 13.5 Å². The van der Waals surface area contributed by atoms with Gasteiger partial charge in [-0.1, -0.05) is 22.4 Å². The summed E-state index contributed by atoms with van der Waals surface area (Å²) in [5, 5.41) is 9.29. The molecule has 7 heteroatoms. The normalized spacial score (nSPS) is 23.2. The van der Waals surface area contributed by atoms with E-state index in [0.717, 1.165) is 29.3 Å². The van der Waals surface area contributed by atoms with Crippen LogP contribution >= 0.6 is 31.9 Å². The zero-order valence-electron chi connectivity index (χ0n) is 11.1. The number of rotatable bonds is 4. The lowest BCUT2D eigenvalue weighted by atomic mass is 10.1. The molecule has 2 unspecified atom stereocenters. The fraction of sp³-hybridized carbons (Fsp3) is 0.538. The van der Waals surface area contributed by atoms with Gasteiger partial charge in [-0.2, -0.15) is 0 Å². The Morgan fingerprint density at radius 1 is 1.30 bits per heavy atom. The Hall–Kier alpha value is 0.0500. The van der Waals surface area contributed by atoms with Crippen LogP contribution in [0.5, 0.6) is 0 Å². The molecule has 2 atom stereocenters. The first-order valence-corrected chi connectivity index (χ1v) is 9.51. The molecule has 2 N–H and O–H groups in total. The molecule has 1 aliphatic carbocycles. The smallest absolute Gasteiger partial charge is 0.241 e. The molecular formula is C13H17Br2NO3S. The average Bonchev–Trinajstić information content (AvgIpc) is 2.80. The van der Waals surface area contributed by atoms with Gasteiger partial charge >= 0.3 is 0 Å². The number of hydrogen-bond acceptors (Lipinski definition) is 3. The predicted molar refractivity (Wildman–Crippen MR) is 85.1 cm³/mol. The van der Waals surface area contributed by atoms with E-state index in [2.05, 4.69) is 36.6 Å². The van der Waals surface area contributed by atoms with E-state index in [-0.39, 0.29) is 23.5 Å². The van der Waals surface area contributed by atoms with Gasteiger partial charge in [-0.15, -0.1) is 0 Å². The molecule has 1 aromatic carbocycles. The molecule has 2 rings (SSSR count). The van der Waals surface area contributed by atoms with Gasteiger partial charge in [0.05, 0.1) is 4.90 Å². The molecule has 0 spiro atoms.